The minimum Gasteiger partial charge on any atom is -0.398 e. The zero-order valence-electron chi connectivity index (χ0n) is 9.47. The molecule has 3 N–H and O–H groups in total. The van der Waals surface area contributed by atoms with Crippen molar-refractivity contribution in [2.45, 2.75) is 4.90 Å². The summed E-state index contributed by atoms with van der Waals surface area (Å²) in [5.41, 5.74) is 5.34. The van der Waals surface area contributed by atoms with E-state index in [0.717, 1.165) is 18.2 Å². The molecule has 0 unspecified atom stereocenters. The van der Waals surface area contributed by atoms with E-state index < -0.39 is 15.8 Å². The zero-order chi connectivity index (χ0) is 14.0. The topological polar surface area (TPSA) is 85.1 Å². The number of nitrogens with two attached hydrogens (primary N) is 1. The number of nitrogen functional groups attached to an aromatic ring is 1. The van der Waals surface area contributed by atoms with Gasteiger partial charge in [0, 0.05) is 6.20 Å². The molecule has 19 heavy (non-hydrogen) atoms. The summed E-state index contributed by atoms with van der Waals surface area (Å²) in [6, 6.07) is 6.36. The minimum atomic E-state index is -3.92. The fourth-order valence-electron chi connectivity index (χ4n) is 1.41. The number of hydrogen-bond donors (Lipinski definition) is 2. The van der Waals surface area contributed by atoms with E-state index in [0.29, 0.717) is 4.47 Å². The first-order valence-corrected chi connectivity index (χ1v) is 7.36. The number of pyridine rings is 1. The zero-order valence-corrected chi connectivity index (χ0v) is 11.9. The van der Waals surface area contributed by atoms with Gasteiger partial charge in [-0.25, -0.2) is 17.8 Å². The first-order valence-electron chi connectivity index (χ1n) is 5.08. The largest absolute Gasteiger partial charge is 0.398 e. The normalized spacial score (nSPS) is 11.3. The van der Waals surface area contributed by atoms with Crippen LogP contribution in [0.25, 0.3) is 0 Å². The average molecular weight is 346 g/mol. The predicted octanol–water partition coefficient (Wildman–Crippen LogP) is 2.37. The number of benzene rings is 1. The van der Waals surface area contributed by atoms with Crippen LogP contribution in [0, 0.1) is 5.82 Å². The molecule has 8 heteroatoms. The lowest BCUT2D eigenvalue weighted by Gasteiger charge is -2.10. The Balaban J connectivity index is 2.41. The number of nitrogens with one attached hydrogen (secondary N) is 1. The third-order valence-corrected chi connectivity index (χ3v) is 4.30. The van der Waals surface area contributed by atoms with Gasteiger partial charge in [0.1, 0.15) is 10.7 Å². The molecule has 0 radical (unpaired) electrons. The fraction of sp³-hybridized carbons (Fsp3) is 0. The third kappa shape index (κ3) is 3.02. The highest BCUT2D eigenvalue weighted by atomic mass is 79.9. The van der Waals surface area contributed by atoms with Gasteiger partial charge in [-0.2, -0.15) is 0 Å². The monoisotopic (exact) mass is 345 g/mol. The molecule has 1 aromatic heterocycles. The van der Waals surface area contributed by atoms with Crippen LogP contribution in [0.15, 0.2) is 45.9 Å². The number of hydrogen-bond acceptors (Lipinski definition) is 4. The first-order chi connectivity index (χ1) is 8.90. The van der Waals surface area contributed by atoms with Crippen molar-refractivity contribution in [1.29, 1.82) is 0 Å². The van der Waals surface area contributed by atoms with Crippen LogP contribution < -0.4 is 10.5 Å². The Morgan fingerprint density at radius 2 is 2.05 bits per heavy atom. The van der Waals surface area contributed by atoms with Gasteiger partial charge in [0.25, 0.3) is 10.0 Å². The molecule has 2 rings (SSSR count). The summed E-state index contributed by atoms with van der Waals surface area (Å²) >= 11 is 3.17. The first kappa shape index (κ1) is 13.8. The summed E-state index contributed by atoms with van der Waals surface area (Å²) < 4.78 is 39.9. The molecule has 0 saturated carbocycles. The Morgan fingerprint density at radius 1 is 1.32 bits per heavy atom. The smallest absolute Gasteiger partial charge is 0.265 e. The summed E-state index contributed by atoms with van der Waals surface area (Å²) in [5.74, 6) is -0.471. The van der Waals surface area contributed by atoms with Crippen LogP contribution in [0.2, 0.25) is 0 Å². The minimum absolute atomic E-state index is 0.131. The molecule has 0 spiro atoms. The Kier molecular flexibility index (Phi) is 3.72. The lowest BCUT2D eigenvalue weighted by molar-refractivity contribution is 0.600. The van der Waals surface area contributed by atoms with Crippen molar-refractivity contribution in [2.75, 3.05) is 10.5 Å². The molecular weight excluding hydrogens is 337 g/mol. The molecule has 0 aliphatic rings. The second-order valence-electron chi connectivity index (χ2n) is 3.62. The molecule has 0 fully saturated rings. The highest BCUT2D eigenvalue weighted by Crippen LogP contribution is 2.25. The van der Waals surface area contributed by atoms with Gasteiger partial charge in [-0.05, 0) is 46.3 Å². The van der Waals surface area contributed by atoms with Crippen molar-refractivity contribution >= 4 is 37.5 Å². The van der Waals surface area contributed by atoms with E-state index in [1.807, 2.05) is 0 Å². The highest BCUT2D eigenvalue weighted by Gasteiger charge is 2.19. The average Bonchev–Trinajstić information content (AvgIpc) is 2.31. The van der Waals surface area contributed by atoms with Crippen LogP contribution in [-0.4, -0.2) is 13.4 Å². The SMILES string of the molecule is Nc1cc(F)ccc1S(=O)(=O)Nc1ncccc1Br. The van der Waals surface area contributed by atoms with Crippen molar-refractivity contribution in [2.24, 2.45) is 0 Å². The number of rotatable bonds is 3. The number of nitrogens with zero attached hydrogens (tertiary/aromatic N) is 1. The van der Waals surface area contributed by atoms with Gasteiger partial charge in [-0.3, -0.25) is 4.72 Å². The fourth-order valence-corrected chi connectivity index (χ4v) is 3.04. The molecule has 0 bridgehead atoms. The highest BCUT2D eigenvalue weighted by molar-refractivity contribution is 9.10. The van der Waals surface area contributed by atoms with Crippen molar-refractivity contribution in [3.05, 3.63) is 46.8 Å². The molecule has 0 amide bonds. The van der Waals surface area contributed by atoms with Crippen LogP contribution in [0.3, 0.4) is 0 Å². The molecule has 5 nitrogen and oxygen atoms in total. The van der Waals surface area contributed by atoms with Gasteiger partial charge in [0.2, 0.25) is 0 Å². The van der Waals surface area contributed by atoms with Gasteiger partial charge in [0.15, 0.2) is 5.82 Å². The predicted molar refractivity (Wildman–Crippen MR) is 73.6 cm³/mol. The van der Waals surface area contributed by atoms with E-state index in [9.17, 15) is 12.8 Å². The maximum absolute atomic E-state index is 12.9. The van der Waals surface area contributed by atoms with Crippen molar-refractivity contribution < 1.29 is 12.8 Å². The van der Waals surface area contributed by atoms with Crippen LogP contribution in [0.5, 0.6) is 0 Å². The van der Waals surface area contributed by atoms with Gasteiger partial charge in [0.05, 0.1) is 10.2 Å². The van der Waals surface area contributed by atoms with Gasteiger partial charge >= 0.3 is 0 Å². The summed E-state index contributed by atoms with van der Waals surface area (Å²) in [6.07, 6.45) is 1.44. The maximum Gasteiger partial charge on any atom is 0.265 e. The molecule has 0 aliphatic heterocycles. The molecule has 100 valence electrons. The molecule has 0 atom stereocenters. The van der Waals surface area contributed by atoms with Crippen molar-refractivity contribution in [1.82, 2.24) is 4.98 Å². The van der Waals surface area contributed by atoms with Gasteiger partial charge in [-0.15, -0.1) is 0 Å². The second kappa shape index (κ2) is 5.14. The van der Waals surface area contributed by atoms with Crippen molar-refractivity contribution in [3.8, 4) is 0 Å². The van der Waals surface area contributed by atoms with E-state index in [1.54, 1.807) is 12.1 Å². The number of aromatic nitrogens is 1. The van der Waals surface area contributed by atoms with Gasteiger partial charge in [-0.1, -0.05) is 0 Å². The second-order valence-corrected chi connectivity index (χ2v) is 6.13. The van der Waals surface area contributed by atoms with E-state index in [-0.39, 0.29) is 16.4 Å². The van der Waals surface area contributed by atoms with E-state index in [4.69, 9.17) is 5.73 Å². The summed E-state index contributed by atoms with van der Waals surface area (Å²) in [4.78, 5) is 3.68. The number of sulfonamides is 1. The van der Waals surface area contributed by atoms with Gasteiger partial charge < -0.3 is 5.73 Å². The number of halogens is 2. The Morgan fingerprint density at radius 3 is 2.68 bits per heavy atom. The molecule has 0 saturated heterocycles. The van der Waals surface area contributed by atoms with Crippen LogP contribution in [-0.2, 0) is 10.0 Å². The Bertz CT molecular complexity index is 722. The standard InChI is InChI=1S/C11H9BrFN3O2S/c12-8-2-1-5-15-11(8)16-19(17,18)10-4-3-7(13)6-9(10)14/h1-6H,14H2,(H,15,16). The quantitative estimate of drug-likeness (QED) is 0.836. The Hall–Kier alpha value is -1.67. The van der Waals surface area contributed by atoms with E-state index in [2.05, 4.69) is 25.6 Å². The van der Waals surface area contributed by atoms with Crippen LogP contribution in [0.1, 0.15) is 0 Å². The van der Waals surface area contributed by atoms with Crippen LogP contribution in [0.4, 0.5) is 15.9 Å². The third-order valence-electron chi connectivity index (χ3n) is 2.25. The number of anilines is 2. The lowest BCUT2D eigenvalue weighted by atomic mass is 10.3. The van der Waals surface area contributed by atoms with E-state index in [1.165, 1.54) is 6.20 Å². The molecular formula is C11H9BrFN3O2S. The summed E-state index contributed by atoms with van der Waals surface area (Å²) in [7, 11) is -3.92. The van der Waals surface area contributed by atoms with Crippen molar-refractivity contribution in [3.63, 3.8) is 0 Å². The molecule has 1 heterocycles. The lowest BCUT2D eigenvalue weighted by Crippen LogP contribution is -2.16. The summed E-state index contributed by atoms with van der Waals surface area (Å²) in [5, 5.41) is 0. The molecule has 0 aliphatic carbocycles. The maximum atomic E-state index is 12.9. The summed E-state index contributed by atoms with van der Waals surface area (Å²) in [6.45, 7) is 0. The molecule has 2 aromatic rings. The molecule has 1 aromatic carbocycles. The van der Waals surface area contributed by atoms with Crippen LogP contribution >= 0.6 is 15.9 Å². The Labute approximate surface area is 117 Å². The van der Waals surface area contributed by atoms with E-state index >= 15 is 0 Å².